The first kappa shape index (κ1) is 8.48. The van der Waals surface area contributed by atoms with Gasteiger partial charge in [0, 0.05) is 19.6 Å². The Labute approximate surface area is 74.1 Å². The van der Waals surface area contributed by atoms with E-state index >= 15 is 0 Å². The summed E-state index contributed by atoms with van der Waals surface area (Å²) < 4.78 is 5.64. The highest BCUT2D eigenvalue weighted by atomic mass is 16.5. The van der Waals surface area contributed by atoms with Crippen LogP contribution in [0, 0.1) is 0 Å². The van der Waals surface area contributed by atoms with Crippen LogP contribution >= 0.6 is 0 Å². The van der Waals surface area contributed by atoms with Crippen LogP contribution < -0.4 is 5.32 Å². The highest BCUT2D eigenvalue weighted by Crippen LogP contribution is 2.09. The van der Waals surface area contributed by atoms with Crippen molar-refractivity contribution in [2.45, 2.75) is 18.9 Å². The molecule has 2 heterocycles. The molecule has 2 rings (SSSR count). The highest BCUT2D eigenvalue weighted by molar-refractivity contribution is 4.74. The van der Waals surface area contributed by atoms with Crippen molar-refractivity contribution in [3.63, 3.8) is 0 Å². The van der Waals surface area contributed by atoms with Gasteiger partial charge in [0.25, 0.3) is 0 Å². The molecular formula is C9H18N2O. The lowest BCUT2D eigenvalue weighted by Crippen LogP contribution is -2.44. The number of likely N-dealkylation sites (tertiary alicyclic amines) is 1. The van der Waals surface area contributed by atoms with E-state index < -0.39 is 0 Å². The minimum atomic E-state index is 0.442. The summed E-state index contributed by atoms with van der Waals surface area (Å²) in [4.78, 5) is 2.51. The van der Waals surface area contributed by atoms with Crippen molar-refractivity contribution >= 4 is 0 Å². The molecule has 0 saturated carbocycles. The van der Waals surface area contributed by atoms with Crippen LogP contribution in [0.2, 0.25) is 0 Å². The largest absolute Gasteiger partial charge is 0.374 e. The van der Waals surface area contributed by atoms with Gasteiger partial charge in [-0.2, -0.15) is 0 Å². The second-order valence-electron chi connectivity index (χ2n) is 3.70. The number of nitrogens with zero attached hydrogens (tertiary/aromatic N) is 1. The normalized spacial score (nSPS) is 32.5. The molecule has 70 valence electrons. The van der Waals surface area contributed by atoms with Gasteiger partial charge in [-0.05, 0) is 25.9 Å². The summed E-state index contributed by atoms with van der Waals surface area (Å²) in [6.45, 7) is 6.64. The zero-order chi connectivity index (χ0) is 8.23. The standard InChI is InChI=1S/C9H18N2O/c1-2-5-11(4-1)8-9-7-10-3-6-12-9/h9-10H,1-8H2/t9-/m0/s1. The molecule has 0 amide bonds. The molecule has 2 fully saturated rings. The first-order chi connectivity index (χ1) is 5.95. The van der Waals surface area contributed by atoms with E-state index in [0.717, 1.165) is 26.2 Å². The summed E-state index contributed by atoms with van der Waals surface area (Å²) in [5.41, 5.74) is 0. The van der Waals surface area contributed by atoms with Crippen LogP contribution in [0.3, 0.4) is 0 Å². The first-order valence-electron chi connectivity index (χ1n) is 5.00. The Kier molecular flexibility index (Phi) is 2.98. The molecule has 0 aliphatic carbocycles. The van der Waals surface area contributed by atoms with E-state index in [1.54, 1.807) is 0 Å². The third-order valence-corrected chi connectivity index (χ3v) is 2.66. The Morgan fingerprint density at radius 1 is 1.33 bits per heavy atom. The third-order valence-electron chi connectivity index (χ3n) is 2.66. The Balaban J connectivity index is 1.69. The maximum atomic E-state index is 5.64. The average Bonchev–Trinajstić information content (AvgIpc) is 2.59. The smallest absolute Gasteiger partial charge is 0.0826 e. The summed E-state index contributed by atoms with van der Waals surface area (Å²) in [6.07, 6.45) is 3.19. The molecule has 12 heavy (non-hydrogen) atoms. The minimum Gasteiger partial charge on any atom is -0.374 e. The molecule has 2 aliphatic rings. The maximum absolute atomic E-state index is 5.64. The van der Waals surface area contributed by atoms with Crippen LogP contribution in [0.1, 0.15) is 12.8 Å². The van der Waals surface area contributed by atoms with Gasteiger partial charge in [-0.25, -0.2) is 0 Å². The summed E-state index contributed by atoms with van der Waals surface area (Å²) in [6, 6.07) is 0. The predicted molar refractivity (Wildman–Crippen MR) is 48.3 cm³/mol. The van der Waals surface area contributed by atoms with E-state index in [1.165, 1.54) is 25.9 Å². The lowest BCUT2D eigenvalue weighted by atomic mass is 10.3. The van der Waals surface area contributed by atoms with Crippen molar-refractivity contribution < 1.29 is 4.74 Å². The molecule has 0 radical (unpaired) electrons. The zero-order valence-electron chi connectivity index (χ0n) is 7.59. The van der Waals surface area contributed by atoms with Gasteiger partial charge in [-0.1, -0.05) is 0 Å². The van der Waals surface area contributed by atoms with E-state index in [2.05, 4.69) is 10.2 Å². The van der Waals surface area contributed by atoms with Gasteiger partial charge in [-0.3, -0.25) is 0 Å². The van der Waals surface area contributed by atoms with Gasteiger partial charge in [0.1, 0.15) is 0 Å². The molecule has 0 aromatic rings. The Morgan fingerprint density at radius 3 is 2.83 bits per heavy atom. The van der Waals surface area contributed by atoms with E-state index in [1.807, 2.05) is 0 Å². The van der Waals surface area contributed by atoms with E-state index in [9.17, 15) is 0 Å². The quantitative estimate of drug-likeness (QED) is 0.635. The van der Waals surface area contributed by atoms with Gasteiger partial charge in [-0.15, -0.1) is 0 Å². The molecule has 0 aromatic heterocycles. The highest BCUT2D eigenvalue weighted by Gasteiger charge is 2.19. The fraction of sp³-hybridized carbons (Fsp3) is 1.00. The molecule has 3 nitrogen and oxygen atoms in total. The second-order valence-corrected chi connectivity index (χ2v) is 3.70. The van der Waals surface area contributed by atoms with Crippen LogP contribution in [0.4, 0.5) is 0 Å². The van der Waals surface area contributed by atoms with E-state index in [-0.39, 0.29) is 0 Å². The molecule has 0 aromatic carbocycles. The topological polar surface area (TPSA) is 24.5 Å². The fourth-order valence-corrected chi connectivity index (χ4v) is 1.99. The molecule has 0 bridgehead atoms. The molecular weight excluding hydrogens is 152 g/mol. The van der Waals surface area contributed by atoms with Gasteiger partial charge >= 0.3 is 0 Å². The lowest BCUT2D eigenvalue weighted by molar-refractivity contribution is 0.00967. The first-order valence-corrected chi connectivity index (χ1v) is 5.00. The Morgan fingerprint density at radius 2 is 2.17 bits per heavy atom. The van der Waals surface area contributed by atoms with Gasteiger partial charge in [0.15, 0.2) is 0 Å². The number of hydrogen-bond acceptors (Lipinski definition) is 3. The summed E-state index contributed by atoms with van der Waals surface area (Å²) in [7, 11) is 0. The van der Waals surface area contributed by atoms with Gasteiger partial charge in [0.2, 0.25) is 0 Å². The van der Waals surface area contributed by atoms with Crippen LogP contribution in [0.15, 0.2) is 0 Å². The molecule has 3 heteroatoms. The predicted octanol–water partition coefficient (Wildman–Crippen LogP) is 0.0706. The lowest BCUT2D eigenvalue weighted by Gasteiger charge is -2.27. The SMILES string of the molecule is C1CCN(C[C@@H]2CNCCO2)C1. The molecule has 1 atom stereocenters. The maximum Gasteiger partial charge on any atom is 0.0826 e. The average molecular weight is 170 g/mol. The summed E-state index contributed by atoms with van der Waals surface area (Å²) in [5.74, 6) is 0. The van der Waals surface area contributed by atoms with Crippen molar-refractivity contribution in [2.75, 3.05) is 39.3 Å². The number of nitrogens with one attached hydrogen (secondary N) is 1. The number of hydrogen-bond donors (Lipinski definition) is 1. The monoisotopic (exact) mass is 170 g/mol. The molecule has 0 spiro atoms. The summed E-state index contributed by atoms with van der Waals surface area (Å²) in [5, 5.41) is 3.36. The van der Waals surface area contributed by atoms with Gasteiger partial charge in [0.05, 0.1) is 12.7 Å². The minimum absolute atomic E-state index is 0.442. The van der Waals surface area contributed by atoms with Crippen molar-refractivity contribution in [1.82, 2.24) is 10.2 Å². The third kappa shape index (κ3) is 2.19. The number of rotatable bonds is 2. The molecule has 0 unspecified atom stereocenters. The molecule has 2 saturated heterocycles. The number of ether oxygens (including phenoxy) is 1. The van der Waals surface area contributed by atoms with Crippen molar-refractivity contribution in [3.8, 4) is 0 Å². The van der Waals surface area contributed by atoms with E-state index in [0.29, 0.717) is 6.10 Å². The van der Waals surface area contributed by atoms with Crippen LogP contribution in [0.5, 0.6) is 0 Å². The van der Waals surface area contributed by atoms with Crippen LogP contribution in [-0.4, -0.2) is 50.3 Å². The summed E-state index contributed by atoms with van der Waals surface area (Å²) >= 11 is 0. The molecule has 1 N–H and O–H groups in total. The Hall–Kier alpha value is -0.120. The van der Waals surface area contributed by atoms with Crippen LogP contribution in [0.25, 0.3) is 0 Å². The molecule has 2 aliphatic heterocycles. The fourth-order valence-electron chi connectivity index (χ4n) is 1.99. The van der Waals surface area contributed by atoms with Crippen molar-refractivity contribution in [2.24, 2.45) is 0 Å². The zero-order valence-corrected chi connectivity index (χ0v) is 7.59. The number of morpholine rings is 1. The Bertz CT molecular complexity index is 128. The van der Waals surface area contributed by atoms with Gasteiger partial charge < -0.3 is 15.0 Å². The van der Waals surface area contributed by atoms with Crippen LogP contribution in [-0.2, 0) is 4.74 Å². The van der Waals surface area contributed by atoms with Crippen molar-refractivity contribution in [3.05, 3.63) is 0 Å². The van der Waals surface area contributed by atoms with Crippen molar-refractivity contribution in [1.29, 1.82) is 0 Å². The van der Waals surface area contributed by atoms with E-state index in [4.69, 9.17) is 4.74 Å². The second kappa shape index (κ2) is 4.21.